The molecule has 1 unspecified atom stereocenters. The molecule has 3 rings (SSSR count). The van der Waals surface area contributed by atoms with Crippen LogP contribution in [0.5, 0.6) is 5.75 Å². The van der Waals surface area contributed by atoms with Crippen LogP contribution in [0.3, 0.4) is 0 Å². The highest BCUT2D eigenvalue weighted by molar-refractivity contribution is 9.10. The molecule has 0 radical (unpaired) electrons. The van der Waals surface area contributed by atoms with Crippen LogP contribution in [-0.2, 0) is 0 Å². The lowest BCUT2D eigenvalue weighted by atomic mass is 10.0. The molecule has 0 saturated heterocycles. The number of rotatable bonds is 3. The van der Waals surface area contributed by atoms with Crippen LogP contribution < -0.4 is 4.74 Å². The van der Waals surface area contributed by atoms with Gasteiger partial charge in [-0.2, -0.15) is 0 Å². The van der Waals surface area contributed by atoms with E-state index >= 15 is 0 Å². The van der Waals surface area contributed by atoms with Crippen molar-refractivity contribution in [3.8, 4) is 5.75 Å². The third kappa shape index (κ3) is 2.79. The third-order valence-corrected chi connectivity index (χ3v) is 5.04. The Kier molecular flexibility index (Phi) is 3.80. The van der Waals surface area contributed by atoms with E-state index in [2.05, 4.69) is 40.2 Å². The molecule has 1 atom stereocenters. The van der Waals surface area contributed by atoms with Crippen molar-refractivity contribution in [2.45, 2.75) is 10.8 Å². The summed E-state index contributed by atoms with van der Waals surface area (Å²) in [4.78, 5) is 1.33. The highest BCUT2D eigenvalue weighted by Gasteiger charge is 2.23. The minimum Gasteiger partial charge on any atom is -0.493 e. The summed E-state index contributed by atoms with van der Waals surface area (Å²) in [5, 5.41) is 0. The van der Waals surface area contributed by atoms with E-state index in [9.17, 15) is 4.39 Å². The molecule has 0 amide bonds. The molecule has 0 N–H and O–H groups in total. The molecule has 2 aromatic rings. The molecule has 0 bridgehead atoms. The summed E-state index contributed by atoms with van der Waals surface area (Å²) < 4.78 is 19.6. The maximum atomic E-state index is 13.4. The van der Waals surface area contributed by atoms with Gasteiger partial charge in [-0.25, -0.2) is 4.39 Å². The average Bonchev–Trinajstić information content (AvgIpc) is 2.83. The van der Waals surface area contributed by atoms with Crippen molar-refractivity contribution >= 4 is 27.7 Å². The zero-order valence-corrected chi connectivity index (χ0v) is 12.5. The highest BCUT2D eigenvalue weighted by Crippen LogP contribution is 2.39. The van der Waals surface area contributed by atoms with Crippen molar-refractivity contribution in [3.05, 3.63) is 58.3 Å². The van der Waals surface area contributed by atoms with Crippen LogP contribution in [0.25, 0.3) is 0 Å². The van der Waals surface area contributed by atoms with Crippen LogP contribution in [-0.4, -0.2) is 12.4 Å². The van der Waals surface area contributed by atoms with Gasteiger partial charge >= 0.3 is 0 Å². The van der Waals surface area contributed by atoms with E-state index in [-0.39, 0.29) is 5.82 Å². The summed E-state index contributed by atoms with van der Waals surface area (Å²) in [6.07, 6.45) is 0. The molecule has 19 heavy (non-hydrogen) atoms. The van der Waals surface area contributed by atoms with Crippen LogP contribution in [0.1, 0.15) is 11.5 Å². The topological polar surface area (TPSA) is 9.23 Å². The predicted octanol–water partition coefficient (Wildman–Crippen LogP) is 4.86. The zero-order valence-electron chi connectivity index (χ0n) is 10.1. The molecule has 0 spiro atoms. The second-order valence-electron chi connectivity index (χ2n) is 4.43. The molecular weight excluding hydrogens is 327 g/mol. The van der Waals surface area contributed by atoms with Crippen molar-refractivity contribution in [2.75, 3.05) is 12.4 Å². The quantitative estimate of drug-likeness (QED) is 0.790. The number of thioether (sulfide) groups is 1. The summed E-state index contributed by atoms with van der Waals surface area (Å²) in [7, 11) is 0. The van der Waals surface area contributed by atoms with Crippen LogP contribution in [0.4, 0.5) is 4.39 Å². The fourth-order valence-corrected chi connectivity index (χ4v) is 3.61. The average molecular weight is 339 g/mol. The van der Waals surface area contributed by atoms with E-state index in [1.165, 1.54) is 16.5 Å². The van der Waals surface area contributed by atoms with E-state index in [4.69, 9.17) is 4.74 Å². The first-order valence-electron chi connectivity index (χ1n) is 6.03. The number of benzene rings is 2. The maximum Gasteiger partial charge on any atom is 0.141 e. The molecule has 98 valence electrons. The zero-order chi connectivity index (χ0) is 13.2. The Hall–Kier alpha value is -1.00. The minimum atomic E-state index is -0.293. The van der Waals surface area contributed by atoms with E-state index < -0.39 is 0 Å². The van der Waals surface area contributed by atoms with Gasteiger partial charge in [0.25, 0.3) is 0 Å². The summed E-state index contributed by atoms with van der Waals surface area (Å²) in [5.74, 6) is 1.69. The molecular formula is C15H12BrFOS. The number of fused-ring (bicyclic) bond motifs is 1. The van der Waals surface area contributed by atoms with Crippen molar-refractivity contribution in [1.29, 1.82) is 0 Å². The number of halogens is 2. The highest BCUT2D eigenvalue weighted by atomic mass is 79.9. The monoisotopic (exact) mass is 338 g/mol. The fourth-order valence-electron chi connectivity index (χ4n) is 2.13. The third-order valence-electron chi connectivity index (χ3n) is 3.14. The van der Waals surface area contributed by atoms with Crippen LogP contribution in [0.15, 0.2) is 51.8 Å². The molecule has 1 aliphatic heterocycles. The Labute approximate surface area is 124 Å². The molecule has 0 saturated carbocycles. The molecule has 1 aliphatic rings. The van der Waals surface area contributed by atoms with E-state index in [1.807, 2.05) is 11.8 Å². The van der Waals surface area contributed by atoms with Gasteiger partial charge in [-0.3, -0.25) is 0 Å². The molecule has 1 heterocycles. The lowest BCUT2D eigenvalue weighted by Gasteiger charge is -2.12. The Morgan fingerprint density at radius 1 is 1.26 bits per heavy atom. The van der Waals surface area contributed by atoms with Gasteiger partial charge in [0.1, 0.15) is 11.6 Å². The normalized spacial score (nSPS) is 17.3. The molecule has 4 heteroatoms. The molecule has 1 nitrogen and oxygen atoms in total. The summed E-state index contributed by atoms with van der Waals surface area (Å²) in [5.41, 5.74) is 1.34. The fraction of sp³-hybridized carbons (Fsp3) is 0.200. The molecule has 0 fully saturated rings. The lowest BCUT2D eigenvalue weighted by molar-refractivity contribution is 0.296. The maximum absolute atomic E-state index is 13.4. The Morgan fingerprint density at radius 3 is 2.95 bits per heavy atom. The van der Waals surface area contributed by atoms with Gasteiger partial charge < -0.3 is 4.74 Å². The van der Waals surface area contributed by atoms with Crippen LogP contribution >= 0.6 is 27.7 Å². The Balaban J connectivity index is 1.69. The Morgan fingerprint density at radius 2 is 2.11 bits per heavy atom. The van der Waals surface area contributed by atoms with E-state index in [0.29, 0.717) is 22.7 Å². The number of hydrogen-bond acceptors (Lipinski definition) is 2. The van der Waals surface area contributed by atoms with Crippen molar-refractivity contribution in [1.82, 2.24) is 0 Å². The summed E-state index contributed by atoms with van der Waals surface area (Å²) in [6, 6.07) is 13.3. The van der Waals surface area contributed by atoms with Gasteiger partial charge in [-0.05, 0) is 39.7 Å². The second-order valence-corrected chi connectivity index (χ2v) is 6.35. The van der Waals surface area contributed by atoms with Crippen molar-refractivity contribution in [2.24, 2.45) is 0 Å². The number of ether oxygens (including phenoxy) is 1. The SMILES string of the molecule is Fc1cc(OCC2CSc3ccccc32)ccc1Br. The van der Waals surface area contributed by atoms with Gasteiger partial charge in [0.05, 0.1) is 11.1 Å². The molecule has 2 aromatic carbocycles. The smallest absolute Gasteiger partial charge is 0.141 e. The van der Waals surface area contributed by atoms with Gasteiger partial charge in [0.2, 0.25) is 0 Å². The summed E-state index contributed by atoms with van der Waals surface area (Å²) in [6.45, 7) is 0.588. The second kappa shape index (κ2) is 5.55. The predicted molar refractivity (Wildman–Crippen MR) is 79.5 cm³/mol. The van der Waals surface area contributed by atoms with Crippen LogP contribution in [0.2, 0.25) is 0 Å². The van der Waals surface area contributed by atoms with Gasteiger partial charge in [0.15, 0.2) is 0 Å². The molecule has 0 aromatic heterocycles. The largest absolute Gasteiger partial charge is 0.493 e. The number of hydrogen-bond donors (Lipinski definition) is 0. The van der Waals surface area contributed by atoms with Crippen molar-refractivity contribution < 1.29 is 9.13 Å². The first-order valence-corrected chi connectivity index (χ1v) is 7.81. The van der Waals surface area contributed by atoms with Gasteiger partial charge in [-0.15, -0.1) is 11.8 Å². The van der Waals surface area contributed by atoms with Crippen molar-refractivity contribution in [3.63, 3.8) is 0 Å². The van der Waals surface area contributed by atoms with E-state index in [1.54, 1.807) is 12.1 Å². The van der Waals surface area contributed by atoms with Gasteiger partial charge in [0, 0.05) is 22.6 Å². The minimum absolute atomic E-state index is 0.293. The van der Waals surface area contributed by atoms with E-state index in [0.717, 1.165) is 5.75 Å². The Bertz CT molecular complexity index is 602. The summed E-state index contributed by atoms with van der Waals surface area (Å²) >= 11 is 4.99. The lowest BCUT2D eigenvalue weighted by Crippen LogP contribution is -2.09. The first-order chi connectivity index (χ1) is 9.24. The molecule has 0 aliphatic carbocycles. The van der Waals surface area contributed by atoms with Crippen LogP contribution in [0, 0.1) is 5.82 Å². The standard InChI is InChI=1S/C15H12BrFOS/c16-13-6-5-11(7-14(13)17)18-8-10-9-19-15-4-2-1-3-12(10)15/h1-7,10H,8-9H2. The first kappa shape index (κ1) is 13.0. The van der Waals surface area contributed by atoms with Gasteiger partial charge in [-0.1, -0.05) is 18.2 Å².